The minimum atomic E-state index is -4.52. The van der Waals surface area contributed by atoms with Crippen molar-refractivity contribution in [2.45, 2.75) is 43.9 Å². The molecule has 164 valence electrons. The maximum Gasteiger partial charge on any atom is 0.433 e. The number of alkyl halides is 3. The number of hydrogen-bond acceptors (Lipinski definition) is 6. The highest BCUT2D eigenvalue weighted by atomic mass is 35.5. The molecule has 1 saturated carbocycles. The van der Waals surface area contributed by atoms with E-state index in [1.54, 1.807) is 6.20 Å². The molecule has 1 aliphatic rings. The van der Waals surface area contributed by atoms with Gasteiger partial charge in [0.05, 0.1) is 5.56 Å². The number of rotatable bonds is 5. The van der Waals surface area contributed by atoms with Gasteiger partial charge in [0.15, 0.2) is 0 Å². The van der Waals surface area contributed by atoms with E-state index < -0.39 is 17.8 Å². The van der Waals surface area contributed by atoms with Crippen LogP contribution in [-0.2, 0) is 6.18 Å². The average molecular weight is 445 g/mol. The van der Waals surface area contributed by atoms with Crippen LogP contribution in [0.3, 0.4) is 0 Å². The number of carbonyl (C=O) groups is 1. The predicted octanol–water partition coefficient (Wildman–Crippen LogP) is 3.53. The Balaban J connectivity index is 0.00000320. The first-order valence-electron chi connectivity index (χ1n) is 9.33. The van der Waals surface area contributed by atoms with Gasteiger partial charge in [-0.3, -0.25) is 9.78 Å². The summed E-state index contributed by atoms with van der Waals surface area (Å²) in [5, 5.41) is 6.20. The monoisotopic (exact) mass is 444 g/mol. The molecule has 2 aromatic rings. The second-order valence-corrected chi connectivity index (χ2v) is 7.23. The van der Waals surface area contributed by atoms with Gasteiger partial charge in [-0.15, -0.1) is 12.4 Å². The molecule has 0 saturated heterocycles. The van der Waals surface area contributed by atoms with Crippen molar-refractivity contribution in [1.29, 1.82) is 0 Å². The van der Waals surface area contributed by atoms with Gasteiger partial charge < -0.3 is 15.5 Å². The molecule has 0 radical (unpaired) electrons. The van der Waals surface area contributed by atoms with E-state index in [0.29, 0.717) is 5.95 Å². The Bertz CT molecular complexity index is 839. The summed E-state index contributed by atoms with van der Waals surface area (Å²) in [5.74, 6) is 0.970. The Morgan fingerprint density at radius 2 is 1.73 bits per heavy atom. The largest absolute Gasteiger partial charge is 0.433 e. The highest BCUT2D eigenvalue weighted by Crippen LogP contribution is 2.27. The molecule has 0 atom stereocenters. The van der Waals surface area contributed by atoms with E-state index in [-0.39, 0.29) is 30.1 Å². The first-order chi connectivity index (χ1) is 13.7. The third kappa shape index (κ3) is 6.19. The van der Waals surface area contributed by atoms with E-state index in [9.17, 15) is 18.0 Å². The lowest BCUT2D eigenvalue weighted by atomic mass is 9.91. The molecule has 11 heteroatoms. The predicted molar refractivity (Wildman–Crippen MR) is 110 cm³/mol. The average Bonchev–Trinajstić information content (AvgIpc) is 2.69. The molecule has 2 aromatic heterocycles. The molecule has 0 bridgehead atoms. The standard InChI is InChI=1S/C19H23F3N6O.ClH/c1-28(2)16-9-10-23-18(27-16)26-14-6-4-13(5-7-14)25-17(29)12-3-8-15(24-11-12)19(20,21)22;/h3,8-11,13-14H,4-7H2,1-2H3,(H,25,29)(H,23,26,27);1H/t13-,14+;. The van der Waals surface area contributed by atoms with Crippen LogP contribution in [0.5, 0.6) is 0 Å². The number of aromatic nitrogens is 3. The van der Waals surface area contributed by atoms with Crippen LogP contribution in [0.1, 0.15) is 41.7 Å². The molecule has 2 N–H and O–H groups in total. The Hall–Kier alpha value is -2.62. The number of anilines is 2. The smallest absolute Gasteiger partial charge is 0.363 e. The quantitative estimate of drug-likeness (QED) is 0.734. The summed E-state index contributed by atoms with van der Waals surface area (Å²) in [4.78, 5) is 26.2. The number of carbonyl (C=O) groups excluding carboxylic acids is 1. The fourth-order valence-electron chi connectivity index (χ4n) is 3.20. The lowest BCUT2D eigenvalue weighted by molar-refractivity contribution is -0.141. The summed E-state index contributed by atoms with van der Waals surface area (Å²) in [6.07, 6.45) is 1.30. The molecule has 0 unspecified atom stereocenters. The third-order valence-electron chi connectivity index (χ3n) is 4.81. The molecule has 1 amide bonds. The first-order valence-corrected chi connectivity index (χ1v) is 9.33. The van der Waals surface area contributed by atoms with Gasteiger partial charge in [-0.2, -0.15) is 18.2 Å². The number of nitrogens with one attached hydrogen (secondary N) is 2. The molecule has 0 aromatic carbocycles. The first kappa shape index (κ1) is 23.7. The minimum absolute atomic E-state index is 0. The van der Waals surface area contributed by atoms with E-state index in [1.165, 1.54) is 0 Å². The van der Waals surface area contributed by atoms with Crippen molar-refractivity contribution in [3.63, 3.8) is 0 Å². The summed E-state index contributed by atoms with van der Waals surface area (Å²) >= 11 is 0. The summed E-state index contributed by atoms with van der Waals surface area (Å²) < 4.78 is 37.7. The molecule has 0 aliphatic heterocycles. The SMILES string of the molecule is CN(C)c1ccnc(N[C@H]2CC[C@@H](NC(=O)c3ccc(C(F)(F)F)nc3)CC2)n1.Cl. The van der Waals surface area contributed by atoms with Crippen molar-refractivity contribution in [2.24, 2.45) is 0 Å². The zero-order chi connectivity index (χ0) is 21.0. The van der Waals surface area contributed by atoms with Crippen LogP contribution in [-0.4, -0.2) is 47.0 Å². The number of hydrogen-bond donors (Lipinski definition) is 2. The zero-order valence-electron chi connectivity index (χ0n) is 16.6. The molecule has 7 nitrogen and oxygen atoms in total. The lowest BCUT2D eigenvalue weighted by Gasteiger charge is -2.29. The van der Waals surface area contributed by atoms with Crippen LogP contribution in [0, 0.1) is 0 Å². The van der Waals surface area contributed by atoms with E-state index in [4.69, 9.17) is 0 Å². The number of halogens is 4. The molecular weight excluding hydrogens is 421 g/mol. The van der Waals surface area contributed by atoms with E-state index in [0.717, 1.165) is 49.8 Å². The molecule has 2 heterocycles. The van der Waals surface area contributed by atoms with Gasteiger partial charge in [-0.1, -0.05) is 0 Å². The van der Waals surface area contributed by atoms with Crippen LogP contribution in [0.4, 0.5) is 24.9 Å². The Morgan fingerprint density at radius 3 is 2.30 bits per heavy atom. The Kier molecular flexibility index (Phi) is 7.83. The fourth-order valence-corrected chi connectivity index (χ4v) is 3.20. The van der Waals surface area contributed by atoms with Gasteiger partial charge in [-0.05, 0) is 43.9 Å². The van der Waals surface area contributed by atoms with Gasteiger partial charge in [0.25, 0.3) is 5.91 Å². The summed E-state index contributed by atoms with van der Waals surface area (Å²) in [6.45, 7) is 0. The van der Waals surface area contributed by atoms with Crippen LogP contribution >= 0.6 is 12.4 Å². The number of nitrogens with zero attached hydrogens (tertiary/aromatic N) is 4. The fraction of sp³-hybridized carbons (Fsp3) is 0.474. The molecule has 1 fully saturated rings. The van der Waals surface area contributed by atoms with Crippen LogP contribution < -0.4 is 15.5 Å². The van der Waals surface area contributed by atoms with Crippen molar-refractivity contribution in [2.75, 3.05) is 24.3 Å². The Morgan fingerprint density at radius 1 is 1.07 bits per heavy atom. The van der Waals surface area contributed by atoms with Crippen molar-refractivity contribution in [1.82, 2.24) is 20.3 Å². The highest BCUT2D eigenvalue weighted by molar-refractivity contribution is 5.94. The van der Waals surface area contributed by atoms with Gasteiger partial charge in [0.1, 0.15) is 11.5 Å². The van der Waals surface area contributed by atoms with Gasteiger partial charge in [0.2, 0.25) is 5.95 Å². The highest BCUT2D eigenvalue weighted by Gasteiger charge is 2.32. The van der Waals surface area contributed by atoms with E-state index in [1.807, 2.05) is 25.1 Å². The van der Waals surface area contributed by atoms with Gasteiger partial charge >= 0.3 is 6.18 Å². The maximum absolute atomic E-state index is 12.6. The number of amides is 1. The molecule has 0 spiro atoms. The summed E-state index contributed by atoms with van der Waals surface area (Å²) in [5.41, 5.74) is -0.895. The zero-order valence-corrected chi connectivity index (χ0v) is 17.4. The topological polar surface area (TPSA) is 83.0 Å². The summed E-state index contributed by atoms with van der Waals surface area (Å²) in [7, 11) is 3.82. The van der Waals surface area contributed by atoms with Crippen LogP contribution in [0.2, 0.25) is 0 Å². The second kappa shape index (κ2) is 9.92. The third-order valence-corrected chi connectivity index (χ3v) is 4.81. The van der Waals surface area contributed by atoms with Crippen LogP contribution in [0.25, 0.3) is 0 Å². The maximum atomic E-state index is 12.6. The molecular formula is C19H24ClF3N6O. The van der Waals surface area contributed by atoms with Crippen molar-refractivity contribution in [3.8, 4) is 0 Å². The van der Waals surface area contributed by atoms with Crippen molar-refractivity contribution < 1.29 is 18.0 Å². The van der Waals surface area contributed by atoms with Crippen molar-refractivity contribution in [3.05, 3.63) is 41.9 Å². The van der Waals surface area contributed by atoms with E-state index in [2.05, 4.69) is 25.6 Å². The molecule has 3 rings (SSSR count). The molecule has 30 heavy (non-hydrogen) atoms. The normalized spacial score (nSPS) is 18.8. The van der Waals surface area contributed by atoms with Gasteiger partial charge in [0, 0.05) is 38.6 Å². The molecule has 1 aliphatic carbocycles. The number of pyridine rings is 1. The summed E-state index contributed by atoms with van der Waals surface area (Å²) in [6, 6.07) is 3.96. The second-order valence-electron chi connectivity index (χ2n) is 7.23. The Labute approximate surface area is 178 Å². The van der Waals surface area contributed by atoms with Crippen LogP contribution in [0.15, 0.2) is 30.6 Å². The lowest BCUT2D eigenvalue weighted by Crippen LogP contribution is -2.40. The van der Waals surface area contributed by atoms with Gasteiger partial charge in [-0.25, -0.2) is 4.98 Å². The van der Waals surface area contributed by atoms with Crippen molar-refractivity contribution >= 4 is 30.1 Å². The minimum Gasteiger partial charge on any atom is -0.363 e. The van der Waals surface area contributed by atoms with E-state index >= 15 is 0 Å².